The molecule has 0 fully saturated rings. The summed E-state index contributed by atoms with van der Waals surface area (Å²) in [6.07, 6.45) is 0. The Balaban J connectivity index is 1.62. The molecule has 0 unspecified atom stereocenters. The molecule has 1 N–H and O–H groups in total. The summed E-state index contributed by atoms with van der Waals surface area (Å²) in [6, 6.07) is 24.4. The number of carbonyl (C=O) groups is 1. The van der Waals surface area contributed by atoms with Gasteiger partial charge in [-0.3, -0.25) is 4.79 Å². The molecule has 4 nitrogen and oxygen atoms in total. The number of hydrogen-bond acceptors (Lipinski definition) is 2. The van der Waals surface area contributed by atoms with Crippen molar-refractivity contribution in [3.8, 4) is 16.9 Å². The number of hydrogen-bond donors (Lipinski definition) is 1. The van der Waals surface area contributed by atoms with E-state index in [0.717, 1.165) is 22.6 Å². The van der Waals surface area contributed by atoms with E-state index >= 15 is 0 Å². The van der Waals surface area contributed by atoms with Crippen LogP contribution >= 0.6 is 23.2 Å². The van der Waals surface area contributed by atoms with Crippen LogP contribution in [0.15, 0.2) is 78.9 Å². The summed E-state index contributed by atoms with van der Waals surface area (Å²) < 4.78 is 1.87. The minimum atomic E-state index is -0.286. The van der Waals surface area contributed by atoms with Crippen LogP contribution in [-0.2, 0) is 0 Å². The zero-order valence-corrected chi connectivity index (χ0v) is 17.1. The number of carbonyl (C=O) groups excluding carboxylic acids is 1. The van der Waals surface area contributed by atoms with E-state index in [2.05, 4.69) is 10.4 Å². The predicted octanol–water partition coefficient (Wildman–Crippen LogP) is 6.41. The minimum absolute atomic E-state index is 0.286. The van der Waals surface area contributed by atoms with Crippen LogP contribution in [0, 0.1) is 6.92 Å². The number of para-hydroxylation sites is 1. The Bertz CT molecular complexity index is 1150. The fourth-order valence-corrected chi connectivity index (χ4v) is 3.56. The van der Waals surface area contributed by atoms with Gasteiger partial charge < -0.3 is 5.32 Å². The topological polar surface area (TPSA) is 46.9 Å². The molecule has 0 aliphatic carbocycles. The van der Waals surface area contributed by atoms with E-state index in [1.807, 2.05) is 60.1 Å². The molecule has 144 valence electrons. The van der Waals surface area contributed by atoms with Crippen LogP contribution in [0.3, 0.4) is 0 Å². The zero-order valence-electron chi connectivity index (χ0n) is 15.6. The number of rotatable bonds is 4. The van der Waals surface area contributed by atoms with E-state index < -0.39 is 0 Å². The lowest BCUT2D eigenvalue weighted by molar-refractivity contribution is 0.102. The van der Waals surface area contributed by atoms with Gasteiger partial charge in [0.2, 0.25) is 0 Å². The fourth-order valence-electron chi connectivity index (χ4n) is 3.07. The molecular formula is C23H17Cl2N3O. The number of amides is 1. The number of benzene rings is 3. The van der Waals surface area contributed by atoms with Crippen molar-refractivity contribution in [2.24, 2.45) is 0 Å². The summed E-state index contributed by atoms with van der Waals surface area (Å²) >= 11 is 12.3. The highest BCUT2D eigenvalue weighted by atomic mass is 35.5. The first-order chi connectivity index (χ1) is 14.0. The van der Waals surface area contributed by atoms with E-state index in [4.69, 9.17) is 23.2 Å². The first kappa shape index (κ1) is 19.2. The number of aromatic nitrogens is 2. The summed E-state index contributed by atoms with van der Waals surface area (Å²) in [5.74, 6) is -0.286. The van der Waals surface area contributed by atoms with Crippen LogP contribution in [0.5, 0.6) is 0 Å². The second-order valence-corrected chi connectivity index (χ2v) is 7.36. The number of nitrogens with zero attached hydrogens (tertiary/aromatic N) is 2. The molecule has 4 rings (SSSR count). The van der Waals surface area contributed by atoms with Gasteiger partial charge in [0.1, 0.15) is 0 Å². The van der Waals surface area contributed by atoms with Gasteiger partial charge >= 0.3 is 0 Å². The average Bonchev–Trinajstić information content (AvgIpc) is 3.13. The van der Waals surface area contributed by atoms with Gasteiger partial charge in [-0.15, -0.1) is 0 Å². The maximum absolute atomic E-state index is 12.6. The van der Waals surface area contributed by atoms with Crippen LogP contribution in [0.1, 0.15) is 16.1 Å². The Hall–Kier alpha value is -3.08. The molecule has 0 aliphatic heterocycles. The highest BCUT2D eigenvalue weighted by Gasteiger charge is 2.13. The SMILES string of the molecule is Cc1cc(-c2ccccc2)n(-c2ccc(C(=O)Nc3c(Cl)cccc3Cl)cc2)n1. The Morgan fingerprint density at radius 2 is 1.55 bits per heavy atom. The molecule has 0 saturated heterocycles. The first-order valence-corrected chi connectivity index (χ1v) is 9.76. The number of aryl methyl sites for hydroxylation is 1. The van der Waals surface area contributed by atoms with Crippen molar-refractivity contribution in [3.05, 3.63) is 100 Å². The molecule has 0 bridgehead atoms. The molecule has 0 radical (unpaired) electrons. The van der Waals surface area contributed by atoms with Crippen LogP contribution < -0.4 is 5.32 Å². The second-order valence-electron chi connectivity index (χ2n) is 6.55. The van der Waals surface area contributed by atoms with Crippen LogP contribution in [-0.4, -0.2) is 15.7 Å². The highest BCUT2D eigenvalue weighted by molar-refractivity contribution is 6.40. The van der Waals surface area contributed by atoms with E-state index in [0.29, 0.717) is 21.3 Å². The van der Waals surface area contributed by atoms with E-state index in [1.54, 1.807) is 30.3 Å². The van der Waals surface area contributed by atoms with Crippen molar-refractivity contribution in [2.45, 2.75) is 6.92 Å². The van der Waals surface area contributed by atoms with Crippen molar-refractivity contribution in [1.29, 1.82) is 0 Å². The molecule has 1 amide bonds. The quantitative estimate of drug-likeness (QED) is 0.413. The molecule has 3 aromatic carbocycles. The zero-order chi connectivity index (χ0) is 20.4. The van der Waals surface area contributed by atoms with E-state index in [1.165, 1.54) is 0 Å². The molecule has 0 spiro atoms. The van der Waals surface area contributed by atoms with Crippen molar-refractivity contribution in [2.75, 3.05) is 5.32 Å². The van der Waals surface area contributed by atoms with E-state index in [-0.39, 0.29) is 5.91 Å². The monoisotopic (exact) mass is 421 g/mol. The van der Waals surface area contributed by atoms with Gasteiger partial charge in [-0.05, 0) is 49.4 Å². The molecule has 6 heteroatoms. The standard InChI is InChI=1S/C23H17Cl2N3O/c1-15-14-21(16-6-3-2-4-7-16)28(27-15)18-12-10-17(11-13-18)23(29)26-22-19(24)8-5-9-20(22)25/h2-14H,1H3,(H,26,29). The highest BCUT2D eigenvalue weighted by Crippen LogP contribution is 2.30. The third-order valence-electron chi connectivity index (χ3n) is 4.48. The summed E-state index contributed by atoms with van der Waals surface area (Å²) in [5, 5.41) is 8.16. The lowest BCUT2D eigenvalue weighted by atomic mass is 10.1. The normalized spacial score (nSPS) is 10.7. The molecule has 1 heterocycles. The smallest absolute Gasteiger partial charge is 0.255 e. The van der Waals surface area contributed by atoms with Gasteiger partial charge in [0.25, 0.3) is 5.91 Å². The predicted molar refractivity (Wildman–Crippen MR) is 118 cm³/mol. The Labute approximate surface area is 178 Å². The van der Waals surface area contributed by atoms with Crippen LogP contribution in [0.2, 0.25) is 10.0 Å². The Kier molecular flexibility index (Phi) is 5.38. The van der Waals surface area contributed by atoms with Crippen molar-refractivity contribution < 1.29 is 4.79 Å². The molecular weight excluding hydrogens is 405 g/mol. The van der Waals surface area contributed by atoms with Gasteiger partial charge in [0, 0.05) is 11.1 Å². The Morgan fingerprint density at radius 3 is 2.21 bits per heavy atom. The van der Waals surface area contributed by atoms with Gasteiger partial charge in [-0.1, -0.05) is 59.6 Å². The van der Waals surface area contributed by atoms with Crippen molar-refractivity contribution >= 4 is 34.8 Å². The van der Waals surface area contributed by atoms with E-state index in [9.17, 15) is 4.79 Å². The molecule has 29 heavy (non-hydrogen) atoms. The third-order valence-corrected chi connectivity index (χ3v) is 5.11. The van der Waals surface area contributed by atoms with Gasteiger partial charge in [-0.25, -0.2) is 4.68 Å². The van der Waals surface area contributed by atoms with Gasteiger partial charge in [0.05, 0.1) is 32.8 Å². The molecule has 0 saturated carbocycles. The third kappa shape index (κ3) is 4.04. The molecule has 4 aromatic rings. The number of halogens is 2. The second kappa shape index (κ2) is 8.11. The van der Waals surface area contributed by atoms with Crippen LogP contribution in [0.4, 0.5) is 5.69 Å². The molecule has 0 aliphatic rings. The number of anilines is 1. The summed E-state index contributed by atoms with van der Waals surface area (Å²) in [7, 11) is 0. The lowest BCUT2D eigenvalue weighted by Crippen LogP contribution is -2.12. The Morgan fingerprint density at radius 1 is 0.897 bits per heavy atom. The van der Waals surface area contributed by atoms with Crippen molar-refractivity contribution in [3.63, 3.8) is 0 Å². The average molecular weight is 422 g/mol. The first-order valence-electron chi connectivity index (χ1n) is 9.01. The van der Waals surface area contributed by atoms with Crippen molar-refractivity contribution in [1.82, 2.24) is 9.78 Å². The van der Waals surface area contributed by atoms with Gasteiger partial charge in [0.15, 0.2) is 0 Å². The van der Waals surface area contributed by atoms with Gasteiger partial charge in [-0.2, -0.15) is 5.10 Å². The lowest BCUT2D eigenvalue weighted by Gasteiger charge is -2.11. The minimum Gasteiger partial charge on any atom is -0.319 e. The summed E-state index contributed by atoms with van der Waals surface area (Å²) in [6.45, 7) is 1.96. The maximum Gasteiger partial charge on any atom is 0.255 e. The number of nitrogens with one attached hydrogen (secondary N) is 1. The molecule has 0 atom stereocenters. The van der Waals surface area contributed by atoms with Crippen LogP contribution in [0.25, 0.3) is 16.9 Å². The summed E-state index contributed by atoms with van der Waals surface area (Å²) in [4.78, 5) is 12.6. The summed E-state index contributed by atoms with van der Waals surface area (Å²) in [5.41, 5.74) is 4.74. The largest absolute Gasteiger partial charge is 0.319 e. The fraction of sp³-hybridized carbons (Fsp3) is 0.0435. The maximum atomic E-state index is 12.6. The molecule has 1 aromatic heterocycles.